The minimum atomic E-state index is -1.02. The fourth-order valence-electron chi connectivity index (χ4n) is 3.55. The quantitative estimate of drug-likeness (QED) is 0.509. The lowest BCUT2D eigenvalue weighted by atomic mass is 10.1. The standard InChI is InChI=1S/C23H22F2N4O3/c24-16-3-1-4-17(25)21(16)18-5-2-6-19(28-18)23(31)29-20-13-26-10-7-15(20)22(30)27-14-8-11-32-12-9-14/h1-7,10,13-14,22,27,30H,8-9,11-12H2,(H,29,31). The van der Waals surface area contributed by atoms with E-state index >= 15 is 0 Å². The summed E-state index contributed by atoms with van der Waals surface area (Å²) in [6, 6.07) is 9.56. The van der Waals surface area contributed by atoms with Gasteiger partial charge in [-0.2, -0.15) is 0 Å². The van der Waals surface area contributed by atoms with Gasteiger partial charge in [-0.3, -0.25) is 15.1 Å². The van der Waals surface area contributed by atoms with Crippen LogP contribution in [0.5, 0.6) is 0 Å². The topological polar surface area (TPSA) is 96.4 Å². The van der Waals surface area contributed by atoms with Crippen LogP contribution in [0.15, 0.2) is 54.9 Å². The molecule has 4 rings (SSSR count). The number of anilines is 1. The second-order valence-electron chi connectivity index (χ2n) is 7.38. The Kier molecular flexibility index (Phi) is 6.79. The number of ether oxygens (including phenoxy) is 1. The van der Waals surface area contributed by atoms with Gasteiger partial charge in [0.1, 0.15) is 23.6 Å². The Hall–Kier alpha value is -3.27. The average Bonchev–Trinajstić information content (AvgIpc) is 2.80. The van der Waals surface area contributed by atoms with Gasteiger partial charge in [0.15, 0.2) is 0 Å². The summed E-state index contributed by atoms with van der Waals surface area (Å²) in [5.74, 6) is -2.14. The van der Waals surface area contributed by atoms with E-state index in [-0.39, 0.29) is 23.0 Å². The molecule has 0 bridgehead atoms. The van der Waals surface area contributed by atoms with Gasteiger partial charge in [0, 0.05) is 31.0 Å². The zero-order valence-electron chi connectivity index (χ0n) is 17.1. The number of carbonyl (C=O) groups excluding carboxylic acids is 1. The molecular weight excluding hydrogens is 418 g/mol. The van der Waals surface area contributed by atoms with Crippen LogP contribution >= 0.6 is 0 Å². The van der Waals surface area contributed by atoms with Crippen molar-refractivity contribution in [2.24, 2.45) is 0 Å². The van der Waals surface area contributed by atoms with Crippen molar-refractivity contribution >= 4 is 11.6 Å². The van der Waals surface area contributed by atoms with Crippen LogP contribution in [0.4, 0.5) is 14.5 Å². The van der Waals surface area contributed by atoms with Crippen molar-refractivity contribution in [1.82, 2.24) is 15.3 Å². The predicted molar refractivity (Wildman–Crippen MR) is 114 cm³/mol. The summed E-state index contributed by atoms with van der Waals surface area (Å²) in [7, 11) is 0. The zero-order valence-corrected chi connectivity index (χ0v) is 17.1. The number of aliphatic hydroxyl groups excluding tert-OH is 1. The fourth-order valence-corrected chi connectivity index (χ4v) is 3.55. The maximum atomic E-state index is 14.1. The van der Waals surface area contributed by atoms with E-state index in [0.717, 1.165) is 25.0 Å². The number of halogens is 2. The van der Waals surface area contributed by atoms with Crippen LogP contribution in [0.2, 0.25) is 0 Å². The molecule has 1 aromatic carbocycles. The van der Waals surface area contributed by atoms with Crippen molar-refractivity contribution in [2.45, 2.75) is 25.1 Å². The number of nitrogens with one attached hydrogen (secondary N) is 2. The van der Waals surface area contributed by atoms with E-state index < -0.39 is 23.8 Å². The molecule has 9 heteroatoms. The van der Waals surface area contributed by atoms with Gasteiger partial charge in [0.25, 0.3) is 5.91 Å². The summed E-state index contributed by atoms with van der Waals surface area (Å²) >= 11 is 0. The van der Waals surface area contributed by atoms with Gasteiger partial charge < -0.3 is 15.2 Å². The molecule has 3 heterocycles. The van der Waals surface area contributed by atoms with E-state index in [4.69, 9.17) is 4.74 Å². The van der Waals surface area contributed by atoms with Crippen LogP contribution < -0.4 is 10.6 Å². The summed E-state index contributed by atoms with van der Waals surface area (Å²) < 4.78 is 33.6. The predicted octanol–water partition coefficient (Wildman–Crippen LogP) is 3.43. The van der Waals surface area contributed by atoms with E-state index in [2.05, 4.69) is 20.6 Å². The number of aliphatic hydroxyl groups is 1. The van der Waals surface area contributed by atoms with Gasteiger partial charge in [0.05, 0.1) is 23.1 Å². The summed E-state index contributed by atoms with van der Waals surface area (Å²) in [5.41, 5.74) is 0.401. The maximum Gasteiger partial charge on any atom is 0.274 e. The molecule has 1 amide bonds. The molecule has 1 aliphatic heterocycles. The second kappa shape index (κ2) is 9.90. The maximum absolute atomic E-state index is 14.1. The van der Waals surface area contributed by atoms with Gasteiger partial charge in [-0.05, 0) is 43.2 Å². The Morgan fingerprint density at radius 1 is 1.09 bits per heavy atom. The SMILES string of the molecule is O=C(Nc1cnccc1C(O)NC1CCOCC1)c1cccc(-c2c(F)cccc2F)n1. The zero-order chi connectivity index (χ0) is 22.5. The Bertz CT molecular complexity index is 1090. The number of benzene rings is 1. The van der Waals surface area contributed by atoms with Gasteiger partial charge in [-0.15, -0.1) is 0 Å². The molecule has 1 saturated heterocycles. The largest absolute Gasteiger partial charge is 0.381 e. The van der Waals surface area contributed by atoms with E-state index in [0.29, 0.717) is 24.5 Å². The third-order valence-corrected chi connectivity index (χ3v) is 5.21. The molecule has 3 N–H and O–H groups in total. The lowest BCUT2D eigenvalue weighted by Gasteiger charge is -2.27. The number of hydrogen-bond donors (Lipinski definition) is 3. The second-order valence-corrected chi connectivity index (χ2v) is 7.38. The molecule has 2 aromatic heterocycles. The van der Waals surface area contributed by atoms with Crippen LogP contribution in [0.25, 0.3) is 11.3 Å². The molecule has 32 heavy (non-hydrogen) atoms. The number of amides is 1. The molecular formula is C23H22F2N4O3. The highest BCUT2D eigenvalue weighted by Crippen LogP contribution is 2.25. The molecule has 0 spiro atoms. The molecule has 166 valence electrons. The van der Waals surface area contributed by atoms with E-state index in [1.54, 1.807) is 6.07 Å². The third kappa shape index (κ3) is 4.96. The molecule has 1 fully saturated rings. The van der Waals surface area contributed by atoms with Crippen LogP contribution in [0.3, 0.4) is 0 Å². The van der Waals surface area contributed by atoms with Gasteiger partial charge in [-0.1, -0.05) is 12.1 Å². The fraction of sp³-hybridized carbons (Fsp3) is 0.261. The normalized spacial score (nSPS) is 15.3. The van der Waals surface area contributed by atoms with Gasteiger partial charge in [-0.25, -0.2) is 13.8 Å². The summed E-state index contributed by atoms with van der Waals surface area (Å²) in [6.07, 6.45) is 3.45. The van der Waals surface area contributed by atoms with Crippen LogP contribution in [-0.2, 0) is 4.74 Å². The number of carbonyl (C=O) groups is 1. The first-order valence-electron chi connectivity index (χ1n) is 10.2. The summed E-state index contributed by atoms with van der Waals surface area (Å²) in [5, 5.41) is 16.5. The molecule has 1 unspecified atom stereocenters. The molecule has 7 nitrogen and oxygen atoms in total. The highest BCUT2D eigenvalue weighted by atomic mass is 19.1. The number of nitrogens with zero attached hydrogens (tertiary/aromatic N) is 2. The highest BCUT2D eigenvalue weighted by molar-refractivity contribution is 6.03. The van der Waals surface area contributed by atoms with Crippen LogP contribution in [0.1, 0.15) is 35.1 Å². The summed E-state index contributed by atoms with van der Waals surface area (Å²) in [6.45, 7) is 1.24. The first-order chi connectivity index (χ1) is 15.5. The minimum absolute atomic E-state index is 0.000814. The van der Waals surface area contributed by atoms with Crippen molar-refractivity contribution in [2.75, 3.05) is 18.5 Å². The number of rotatable bonds is 6. The van der Waals surface area contributed by atoms with Crippen LogP contribution in [0, 0.1) is 11.6 Å². The number of hydrogen-bond acceptors (Lipinski definition) is 6. The third-order valence-electron chi connectivity index (χ3n) is 5.21. The average molecular weight is 440 g/mol. The molecule has 0 radical (unpaired) electrons. The first kappa shape index (κ1) is 21.9. The smallest absolute Gasteiger partial charge is 0.274 e. The Morgan fingerprint density at radius 2 is 1.81 bits per heavy atom. The van der Waals surface area contributed by atoms with Crippen molar-refractivity contribution in [1.29, 1.82) is 0 Å². The lowest BCUT2D eigenvalue weighted by Crippen LogP contribution is -2.37. The Balaban J connectivity index is 1.54. The van der Waals surface area contributed by atoms with E-state index in [1.165, 1.54) is 36.7 Å². The van der Waals surface area contributed by atoms with Crippen molar-refractivity contribution < 1.29 is 23.4 Å². The highest BCUT2D eigenvalue weighted by Gasteiger charge is 2.21. The van der Waals surface area contributed by atoms with Crippen molar-refractivity contribution in [3.8, 4) is 11.3 Å². The minimum Gasteiger partial charge on any atom is -0.381 e. The molecule has 0 saturated carbocycles. The Morgan fingerprint density at radius 3 is 2.56 bits per heavy atom. The Labute approximate surface area is 183 Å². The monoisotopic (exact) mass is 440 g/mol. The lowest BCUT2D eigenvalue weighted by molar-refractivity contribution is 0.0493. The van der Waals surface area contributed by atoms with Crippen molar-refractivity contribution in [3.05, 3.63) is 77.8 Å². The van der Waals surface area contributed by atoms with Gasteiger partial charge >= 0.3 is 0 Å². The first-order valence-corrected chi connectivity index (χ1v) is 10.2. The molecule has 1 aliphatic rings. The molecule has 3 aromatic rings. The number of pyridine rings is 2. The van der Waals surface area contributed by atoms with E-state index in [1.807, 2.05) is 0 Å². The molecule has 1 atom stereocenters. The van der Waals surface area contributed by atoms with Crippen LogP contribution in [-0.4, -0.2) is 40.2 Å². The van der Waals surface area contributed by atoms with Crippen molar-refractivity contribution in [3.63, 3.8) is 0 Å². The summed E-state index contributed by atoms with van der Waals surface area (Å²) in [4.78, 5) is 21.0. The van der Waals surface area contributed by atoms with Gasteiger partial charge in [0.2, 0.25) is 0 Å². The number of aromatic nitrogens is 2. The molecule has 0 aliphatic carbocycles. The van der Waals surface area contributed by atoms with E-state index in [9.17, 15) is 18.7 Å².